The first kappa shape index (κ1) is 23.9. The molecule has 0 unspecified atom stereocenters. The Hall–Kier alpha value is -2.73. The number of ether oxygens (including phenoxy) is 1. The number of halogens is 1. The number of piperazine rings is 1. The zero-order valence-electron chi connectivity index (χ0n) is 19.1. The van der Waals surface area contributed by atoms with E-state index >= 15 is 0 Å². The average molecular weight is 458 g/mol. The number of carbonyl (C=O) groups excluding carboxylic acids is 2. The minimum Gasteiger partial charge on any atom is -0.494 e. The Labute approximate surface area is 195 Å². The maximum absolute atomic E-state index is 12.6. The molecule has 0 bridgehead atoms. The summed E-state index contributed by atoms with van der Waals surface area (Å²) in [6, 6.07) is 12.7. The van der Waals surface area contributed by atoms with E-state index in [1.165, 1.54) is 0 Å². The van der Waals surface area contributed by atoms with Gasteiger partial charge in [0.05, 0.1) is 17.3 Å². The molecule has 1 N–H and O–H groups in total. The number of anilines is 2. The second-order valence-electron chi connectivity index (χ2n) is 8.31. The summed E-state index contributed by atoms with van der Waals surface area (Å²) in [5.41, 5.74) is 2.11. The molecule has 3 rings (SSSR count). The second kappa shape index (κ2) is 11.2. The number of benzene rings is 2. The lowest BCUT2D eigenvalue weighted by atomic mass is 10.1. The van der Waals surface area contributed by atoms with Crippen LogP contribution in [-0.4, -0.2) is 49.5 Å². The normalized spacial score (nSPS) is 13.9. The van der Waals surface area contributed by atoms with Gasteiger partial charge in [-0.25, -0.2) is 0 Å². The van der Waals surface area contributed by atoms with Crippen molar-refractivity contribution in [2.75, 3.05) is 43.0 Å². The highest BCUT2D eigenvalue weighted by molar-refractivity contribution is 6.33. The molecule has 1 aliphatic rings. The molecule has 172 valence electrons. The first-order valence-electron chi connectivity index (χ1n) is 11.3. The Morgan fingerprint density at radius 1 is 1.06 bits per heavy atom. The molecule has 2 amide bonds. The minimum absolute atomic E-state index is 0.0119. The van der Waals surface area contributed by atoms with Gasteiger partial charge in [0.25, 0.3) is 5.91 Å². The van der Waals surface area contributed by atoms with Crippen molar-refractivity contribution < 1.29 is 14.3 Å². The van der Waals surface area contributed by atoms with Crippen LogP contribution in [-0.2, 0) is 4.79 Å². The van der Waals surface area contributed by atoms with Crippen LogP contribution >= 0.6 is 11.6 Å². The predicted molar refractivity (Wildman–Crippen MR) is 130 cm³/mol. The van der Waals surface area contributed by atoms with Crippen LogP contribution in [0, 0.1) is 5.92 Å². The molecule has 1 saturated heterocycles. The third-order valence-electron chi connectivity index (χ3n) is 5.51. The third kappa shape index (κ3) is 6.16. The van der Waals surface area contributed by atoms with Gasteiger partial charge in [-0.2, -0.15) is 0 Å². The number of hydrogen-bond acceptors (Lipinski definition) is 4. The Morgan fingerprint density at radius 2 is 1.75 bits per heavy atom. The number of nitrogens with one attached hydrogen (secondary N) is 1. The van der Waals surface area contributed by atoms with E-state index in [1.807, 2.05) is 43.0 Å². The average Bonchev–Trinajstić information content (AvgIpc) is 2.79. The lowest BCUT2D eigenvalue weighted by Gasteiger charge is -2.37. The van der Waals surface area contributed by atoms with Crippen molar-refractivity contribution in [1.29, 1.82) is 0 Å². The van der Waals surface area contributed by atoms with Crippen molar-refractivity contribution >= 4 is 34.8 Å². The first-order chi connectivity index (χ1) is 15.4. The molecule has 2 aromatic rings. The molecule has 7 heteroatoms. The fraction of sp³-hybridized carbons (Fsp3) is 0.440. The van der Waals surface area contributed by atoms with Crippen LogP contribution in [0.2, 0.25) is 5.02 Å². The van der Waals surface area contributed by atoms with Gasteiger partial charge in [-0.1, -0.05) is 38.8 Å². The number of nitrogens with zero attached hydrogens (tertiary/aromatic N) is 2. The molecule has 1 aliphatic heterocycles. The van der Waals surface area contributed by atoms with Crippen LogP contribution in [0.4, 0.5) is 11.4 Å². The summed E-state index contributed by atoms with van der Waals surface area (Å²) in [6.45, 7) is 9.48. The van der Waals surface area contributed by atoms with Gasteiger partial charge in [-0.3, -0.25) is 9.59 Å². The lowest BCUT2D eigenvalue weighted by Crippen LogP contribution is -2.50. The highest BCUT2D eigenvalue weighted by Crippen LogP contribution is 2.30. The van der Waals surface area contributed by atoms with Crippen LogP contribution in [0.3, 0.4) is 0 Å². The van der Waals surface area contributed by atoms with Gasteiger partial charge in [0.2, 0.25) is 5.91 Å². The van der Waals surface area contributed by atoms with Crippen molar-refractivity contribution in [2.45, 2.75) is 33.6 Å². The quantitative estimate of drug-likeness (QED) is 0.562. The summed E-state index contributed by atoms with van der Waals surface area (Å²) in [6.07, 6.45) is 2.08. The fourth-order valence-electron chi connectivity index (χ4n) is 3.61. The smallest absolute Gasteiger partial charge is 0.255 e. The first-order valence-corrected chi connectivity index (χ1v) is 11.6. The molecule has 0 aromatic heterocycles. The third-order valence-corrected chi connectivity index (χ3v) is 5.82. The van der Waals surface area contributed by atoms with E-state index in [0.717, 1.165) is 37.4 Å². The van der Waals surface area contributed by atoms with Gasteiger partial charge in [-0.05, 0) is 48.9 Å². The number of unbranched alkanes of at least 4 members (excludes halogenated alkanes) is 1. The minimum atomic E-state index is -0.199. The summed E-state index contributed by atoms with van der Waals surface area (Å²) in [7, 11) is 0. The highest BCUT2D eigenvalue weighted by atomic mass is 35.5. The fourth-order valence-corrected chi connectivity index (χ4v) is 3.91. The number of carbonyl (C=O) groups is 2. The van der Waals surface area contributed by atoms with Crippen molar-refractivity contribution in [3.8, 4) is 5.75 Å². The summed E-state index contributed by atoms with van der Waals surface area (Å²) in [5, 5.41) is 3.47. The van der Waals surface area contributed by atoms with E-state index in [1.54, 1.807) is 18.2 Å². The molecule has 2 aromatic carbocycles. The molecule has 0 aliphatic carbocycles. The predicted octanol–water partition coefficient (Wildman–Crippen LogP) is 5.08. The van der Waals surface area contributed by atoms with Crippen LogP contribution < -0.4 is 15.0 Å². The van der Waals surface area contributed by atoms with Crippen molar-refractivity contribution in [3.05, 3.63) is 53.1 Å². The standard InChI is InChI=1S/C25H32ClN3O3/c1-4-5-16-32-21-9-6-19(7-10-21)24(30)27-20-8-11-23(22(26)17-20)28-12-14-29(15-13-28)25(31)18(2)3/h6-11,17-18H,4-5,12-16H2,1-3H3,(H,27,30). The van der Waals surface area contributed by atoms with Gasteiger partial charge in [0.1, 0.15) is 5.75 Å². The molecule has 6 nitrogen and oxygen atoms in total. The molecule has 32 heavy (non-hydrogen) atoms. The van der Waals surface area contributed by atoms with Gasteiger partial charge in [0, 0.05) is 43.3 Å². The van der Waals surface area contributed by atoms with Crippen LogP contribution in [0.15, 0.2) is 42.5 Å². The topological polar surface area (TPSA) is 61.9 Å². The van der Waals surface area contributed by atoms with Crippen LogP contribution in [0.1, 0.15) is 44.0 Å². The maximum atomic E-state index is 12.6. The monoisotopic (exact) mass is 457 g/mol. The highest BCUT2D eigenvalue weighted by Gasteiger charge is 2.24. The number of rotatable bonds is 8. The molecular weight excluding hydrogens is 426 g/mol. The zero-order valence-corrected chi connectivity index (χ0v) is 19.8. The molecule has 1 heterocycles. The largest absolute Gasteiger partial charge is 0.494 e. The SMILES string of the molecule is CCCCOc1ccc(C(=O)Nc2ccc(N3CCN(C(=O)C(C)C)CC3)c(Cl)c2)cc1. The molecule has 0 radical (unpaired) electrons. The van der Waals surface area contributed by atoms with Gasteiger partial charge in [0.15, 0.2) is 0 Å². The summed E-state index contributed by atoms with van der Waals surface area (Å²) in [5.74, 6) is 0.763. The maximum Gasteiger partial charge on any atom is 0.255 e. The van der Waals surface area contributed by atoms with Crippen molar-refractivity contribution in [3.63, 3.8) is 0 Å². The molecule has 0 saturated carbocycles. The van der Waals surface area contributed by atoms with E-state index in [9.17, 15) is 9.59 Å². The number of amides is 2. The molecule has 1 fully saturated rings. The summed E-state index contributed by atoms with van der Waals surface area (Å²) < 4.78 is 5.64. The molecule has 0 spiro atoms. The van der Waals surface area contributed by atoms with Gasteiger partial charge < -0.3 is 19.9 Å². The molecular formula is C25H32ClN3O3. The van der Waals surface area contributed by atoms with Crippen LogP contribution in [0.5, 0.6) is 5.75 Å². The number of hydrogen-bond donors (Lipinski definition) is 1. The Bertz CT molecular complexity index is 923. The second-order valence-corrected chi connectivity index (χ2v) is 8.72. The van der Waals surface area contributed by atoms with Crippen molar-refractivity contribution in [1.82, 2.24) is 4.90 Å². The Morgan fingerprint density at radius 3 is 2.34 bits per heavy atom. The summed E-state index contributed by atoms with van der Waals surface area (Å²) in [4.78, 5) is 28.9. The van der Waals surface area contributed by atoms with E-state index in [0.29, 0.717) is 36.0 Å². The Balaban J connectivity index is 1.57. The van der Waals surface area contributed by atoms with E-state index in [2.05, 4.69) is 17.1 Å². The van der Waals surface area contributed by atoms with E-state index in [4.69, 9.17) is 16.3 Å². The Kier molecular flexibility index (Phi) is 8.39. The van der Waals surface area contributed by atoms with Crippen molar-refractivity contribution in [2.24, 2.45) is 5.92 Å². The molecule has 0 atom stereocenters. The van der Waals surface area contributed by atoms with Gasteiger partial charge in [-0.15, -0.1) is 0 Å². The lowest BCUT2D eigenvalue weighted by molar-refractivity contribution is -0.134. The zero-order chi connectivity index (χ0) is 23.1. The van der Waals surface area contributed by atoms with Crippen LogP contribution in [0.25, 0.3) is 0 Å². The van der Waals surface area contributed by atoms with E-state index < -0.39 is 0 Å². The van der Waals surface area contributed by atoms with Gasteiger partial charge >= 0.3 is 0 Å². The van der Waals surface area contributed by atoms with E-state index in [-0.39, 0.29) is 17.7 Å². The summed E-state index contributed by atoms with van der Waals surface area (Å²) >= 11 is 6.53.